The summed E-state index contributed by atoms with van der Waals surface area (Å²) in [5.41, 5.74) is 11.6. The molecule has 0 spiro atoms. The molecule has 6 aromatic rings. The van der Waals surface area contributed by atoms with Crippen LogP contribution in [0.4, 0.5) is 26.2 Å². The lowest BCUT2D eigenvalue weighted by Gasteiger charge is -2.69. The number of carboxylic acid groups (broad SMARTS) is 1. The molecule has 4 atom stereocenters. The van der Waals surface area contributed by atoms with Gasteiger partial charge in [0.1, 0.15) is 36.9 Å². The van der Waals surface area contributed by atoms with Gasteiger partial charge < -0.3 is 66.8 Å². The standard InChI is InChI=1S/C76H98N14O15S2/c1-48(2)65(86-62(91)16-8-7-11-30-89-63(92)25-26-64(89)93)68(95)83-58(14-12-28-78-70(77)98)67(94)82-52-20-17-50(18-21-52)40-104-72(99)79-29-34-103-59-23-19-51(37-80-71-84-57-13-9-10-15-60(57)106-71)56-39-88(31-27-53(56)59)61-24-22-54(66(85-61)69(96)97)55-38-81-90(49(55)3)47-75-42-73(4)41-74(5,43-75)45-76(44-73,46-75)105-35-32-87(6)33-36-107(100,101)102/h9-10,13,15,17-26,38,48,58,65H,7-8,11-12,14,16,27-37,39-47H2,1-6H3,(H,79,99)(H,80,84)(H,82,94)(H,83,95)(H,86,91)(H,96,97)(H3,77,78,98)(H,100,101,102)/t58-,65-,73?,74?,75?,76?/m0/s1. The van der Waals surface area contributed by atoms with E-state index in [0.717, 1.165) is 81.2 Å². The number of nitrogens with zero attached hydrogens (tertiary/aromatic N) is 7. The number of imide groups is 1. The molecule has 4 aliphatic carbocycles. The van der Waals surface area contributed by atoms with Crippen LogP contribution in [0.15, 0.2) is 91.1 Å². The molecule has 10 N–H and O–H groups in total. The Labute approximate surface area is 626 Å². The molecule has 31 heteroatoms. The average Bonchev–Trinajstić information content (AvgIpc) is 0.785. The third kappa shape index (κ3) is 20.2. The van der Waals surface area contributed by atoms with E-state index in [1.807, 2.05) is 72.1 Å². The van der Waals surface area contributed by atoms with Gasteiger partial charge in [0, 0.05) is 99.0 Å². The third-order valence-corrected chi connectivity index (χ3v) is 22.7. The maximum atomic E-state index is 13.8. The first-order chi connectivity index (χ1) is 50.9. The second-order valence-corrected chi connectivity index (χ2v) is 33.1. The number of carboxylic acids is 1. The maximum absolute atomic E-state index is 13.8. The number of benzene rings is 3. The van der Waals surface area contributed by atoms with Crippen molar-refractivity contribution in [2.45, 2.75) is 162 Å². The number of likely N-dealkylation sites (N-methyl/N-ethyl adjacent to an activating group) is 1. The maximum Gasteiger partial charge on any atom is 0.407 e. The minimum Gasteiger partial charge on any atom is -0.491 e. The Kier molecular flexibility index (Phi) is 24.7. The summed E-state index contributed by atoms with van der Waals surface area (Å²) in [6.07, 6.45) is 11.9. The first kappa shape index (κ1) is 78.5. The summed E-state index contributed by atoms with van der Waals surface area (Å²) in [5, 5.41) is 33.8. The highest BCUT2D eigenvalue weighted by Crippen LogP contribution is 2.72. The van der Waals surface area contributed by atoms with Gasteiger partial charge in [-0.1, -0.05) is 75.8 Å². The van der Waals surface area contributed by atoms with E-state index in [1.54, 1.807) is 55.6 Å². The molecule has 574 valence electrons. The topological polar surface area (TPSA) is 390 Å². The van der Waals surface area contributed by atoms with Gasteiger partial charge in [-0.2, -0.15) is 13.5 Å². The average molecular weight is 1510 g/mol. The zero-order valence-electron chi connectivity index (χ0n) is 61.5. The van der Waals surface area contributed by atoms with Crippen LogP contribution in [0.25, 0.3) is 21.3 Å². The van der Waals surface area contributed by atoms with Gasteiger partial charge in [0.2, 0.25) is 17.7 Å². The van der Waals surface area contributed by atoms with E-state index in [1.165, 1.54) is 12.2 Å². The number of aromatic carboxylic acids is 1. The number of alkyl carbamates (subject to hydrolysis) is 1. The minimum absolute atomic E-state index is 0.0529. The molecule has 8 amide bonds. The van der Waals surface area contributed by atoms with Crippen LogP contribution >= 0.6 is 11.3 Å². The van der Waals surface area contributed by atoms with E-state index in [-0.39, 0.29) is 116 Å². The number of primary amides is 1. The van der Waals surface area contributed by atoms with Crippen LogP contribution in [0, 0.1) is 29.1 Å². The zero-order chi connectivity index (χ0) is 76.4. The number of fused-ring (bicyclic) bond motifs is 2. The molecule has 107 heavy (non-hydrogen) atoms. The lowest BCUT2D eigenvalue weighted by molar-refractivity contribution is -0.248. The number of ether oxygens (including phenoxy) is 3. The molecule has 2 unspecified atom stereocenters. The number of amides is 8. The number of para-hydroxylation sites is 1. The Morgan fingerprint density at radius 3 is 2.26 bits per heavy atom. The number of thiazole rings is 1. The van der Waals surface area contributed by atoms with Crippen molar-refractivity contribution >= 4 is 95.9 Å². The highest BCUT2D eigenvalue weighted by molar-refractivity contribution is 7.85. The van der Waals surface area contributed by atoms with Crippen LogP contribution < -0.4 is 47.3 Å². The summed E-state index contributed by atoms with van der Waals surface area (Å²) in [6, 6.07) is 19.3. The van der Waals surface area contributed by atoms with Crippen LogP contribution in [0.3, 0.4) is 0 Å². The third-order valence-electron chi connectivity index (χ3n) is 21.0. The Morgan fingerprint density at radius 1 is 0.804 bits per heavy atom. The largest absolute Gasteiger partial charge is 0.491 e. The molecule has 0 saturated heterocycles. The summed E-state index contributed by atoms with van der Waals surface area (Å²) < 4.78 is 54.1. The van der Waals surface area contributed by atoms with Crippen LogP contribution in [0.1, 0.15) is 143 Å². The van der Waals surface area contributed by atoms with Crippen LogP contribution in [-0.4, -0.2) is 178 Å². The number of carbonyl (C=O) groups is 8. The second kappa shape index (κ2) is 33.7. The first-order valence-corrected chi connectivity index (χ1v) is 39.0. The number of aromatic nitrogens is 4. The fourth-order valence-corrected chi connectivity index (χ4v) is 18.5. The minimum atomic E-state index is -4.08. The summed E-state index contributed by atoms with van der Waals surface area (Å²) in [6.45, 7) is 13.9. The van der Waals surface area contributed by atoms with Gasteiger partial charge in [0.15, 0.2) is 10.8 Å². The zero-order valence-corrected chi connectivity index (χ0v) is 63.1. The smallest absolute Gasteiger partial charge is 0.407 e. The molecular weight excluding hydrogens is 1410 g/mol. The predicted molar refractivity (Wildman–Crippen MR) is 403 cm³/mol. The fourth-order valence-electron chi connectivity index (χ4n) is 17.1. The number of anilines is 3. The monoisotopic (exact) mass is 1510 g/mol. The molecule has 4 saturated carbocycles. The Balaban J connectivity index is 0.692. The van der Waals surface area contributed by atoms with Crippen molar-refractivity contribution in [3.63, 3.8) is 0 Å². The van der Waals surface area contributed by atoms with Crippen molar-refractivity contribution in [2.24, 2.45) is 27.9 Å². The first-order valence-electron chi connectivity index (χ1n) is 36.6. The summed E-state index contributed by atoms with van der Waals surface area (Å²) in [4.78, 5) is 117. The summed E-state index contributed by atoms with van der Waals surface area (Å²) in [5.74, 6) is -2.97. The fraction of sp³-hybridized carbons (Fsp3) is 0.513. The van der Waals surface area contributed by atoms with Crippen LogP contribution in [0.5, 0.6) is 5.75 Å². The van der Waals surface area contributed by atoms with Gasteiger partial charge in [0.25, 0.3) is 21.9 Å². The molecule has 4 bridgehead atoms. The number of pyridine rings is 1. The van der Waals surface area contributed by atoms with Gasteiger partial charge in [-0.25, -0.2) is 24.4 Å². The highest BCUT2D eigenvalue weighted by Gasteiger charge is 2.66. The van der Waals surface area contributed by atoms with E-state index >= 15 is 0 Å². The van der Waals surface area contributed by atoms with Crippen LogP contribution in [0.2, 0.25) is 0 Å². The number of urea groups is 1. The van der Waals surface area contributed by atoms with Crippen molar-refractivity contribution in [1.82, 2.24) is 50.8 Å². The van der Waals surface area contributed by atoms with E-state index in [9.17, 15) is 56.4 Å². The molecule has 12 rings (SSSR count). The molecule has 29 nitrogen and oxygen atoms in total. The summed E-state index contributed by atoms with van der Waals surface area (Å²) >= 11 is 1.56. The van der Waals surface area contributed by atoms with Crippen molar-refractivity contribution in [1.29, 1.82) is 0 Å². The molecule has 5 heterocycles. The summed E-state index contributed by atoms with van der Waals surface area (Å²) in [7, 11) is -2.25. The van der Waals surface area contributed by atoms with Gasteiger partial charge in [-0.15, -0.1) is 0 Å². The normalized spacial score (nSPS) is 20.6. The molecule has 3 aromatic heterocycles. The number of hydrogen-bond donors (Lipinski definition) is 9. The van der Waals surface area contributed by atoms with E-state index in [4.69, 9.17) is 35.0 Å². The Hall–Kier alpha value is -9.56. The van der Waals surface area contributed by atoms with Gasteiger partial charge >= 0.3 is 18.1 Å². The second-order valence-electron chi connectivity index (χ2n) is 30.5. The van der Waals surface area contributed by atoms with Gasteiger partial charge in [-0.3, -0.25) is 38.1 Å². The molecular formula is C76H98N14O15S2. The number of nitrogens with one attached hydrogen (secondary N) is 6. The Morgan fingerprint density at radius 2 is 1.55 bits per heavy atom. The quantitative estimate of drug-likeness (QED) is 0.0100. The number of carbonyl (C=O) groups excluding carboxylic acids is 7. The van der Waals surface area contributed by atoms with Crippen molar-refractivity contribution in [3.8, 4) is 16.9 Å². The number of hydrogen-bond acceptors (Lipinski definition) is 20. The number of rotatable bonds is 37. The van der Waals surface area contributed by atoms with Crippen molar-refractivity contribution < 1.29 is 70.6 Å². The highest BCUT2D eigenvalue weighted by atomic mass is 32.2. The molecule has 4 fully saturated rings. The van der Waals surface area contributed by atoms with Crippen LogP contribution in [-0.2, 0) is 76.2 Å². The lowest BCUT2D eigenvalue weighted by Crippen LogP contribution is -2.64. The van der Waals surface area contributed by atoms with Crippen molar-refractivity contribution in [3.05, 3.63) is 125 Å². The van der Waals surface area contributed by atoms with E-state index in [0.29, 0.717) is 99.0 Å². The van der Waals surface area contributed by atoms with Crippen molar-refractivity contribution in [2.75, 3.05) is 80.8 Å². The molecule has 2 aliphatic heterocycles. The SMILES string of the molecule is Cc1c(-c2ccc(N3CCc4c(OCCNC(=O)OCc5ccc(NC(=O)[C@H](CCCNC(N)=O)NC(=O)[C@@H](NC(=O)CCCCCN6C(=O)C=CC6=O)C(C)C)cc5)ccc(CNc5nc6ccccc6s5)c4C3)nc2C(=O)O)cnn1CC12CC3(C)CC(C)(C1)CC(OCCN(C)CCS(=O)(=O)O)(C3)C2. The lowest BCUT2D eigenvalue weighted by atomic mass is 9.39. The Bertz CT molecular complexity index is 4380. The molecule has 3 aromatic carbocycles. The van der Waals surface area contributed by atoms with E-state index in [2.05, 4.69) is 50.6 Å². The number of nitrogens with two attached hydrogens (primary N) is 1. The predicted octanol–water partition coefficient (Wildman–Crippen LogP) is 8.49. The van der Waals surface area contributed by atoms with Gasteiger partial charge in [-0.05, 0) is 166 Å². The van der Waals surface area contributed by atoms with E-state index < -0.39 is 52.1 Å². The molecule has 0 radical (unpaired) electrons. The van der Waals surface area contributed by atoms with Gasteiger partial charge in [0.05, 0.1) is 40.9 Å². The number of unbranched alkanes of at least 4 members (excludes halogenated alkanes) is 2. The molecule has 6 aliphatic rings.